The molecule has 0 fully saturated rings. The zero-order valence-electron chi connectivity index (χ0n) is 14.5. The zero-order valence-corrected chi connectivity index (χ0v) is 14.5. The first-order valence-corrected chi connectivity index (χ1v) is 8.08. The second-order valence-corrected chi connectivity index (χ2v) is 6.09. The number of nitrogens with one attached hydrogen (secondary N) is 1. The monoisotopic (exact) mass is 353 g/mol. The van der Waals surface area contributed by atoms with E-state index in [9.17, 15) is 9.59 Å². The first-order valence-electron chi connectivity index (χ1n) is 8.08. The van der Waals surface area contributed by atoms with E-state index in [1.54, 1.807) is 24.0 Å². The lowest BCUT2D eigenvalue weighted by molar-refractivity contribution is -0.119. The predicted octanol–water partition coefficient (Wildman–Crippen LogP) is 2.33. The quantitative estimate of drug-likeness (QED) is 0.708. The van der Waals surface area contributed by atoms with Crippen LogP contribution < -0.4 is 5.32 Å². The number of rotatable bonds is 6. The van der Waals surface area contributed by atoms with Gasteiger partial charge in [0.05, 0.1) is 30.2 Å². The first kappa shape index (κ1) is 17.4. The number of carboxylic acid groups (broad SMARTS) is 1. The van der Waals surface area contributed by atoms with Crippen molar-refractivity contribution in [2.75, 3.05) is 5.32 Å². The molecule has 8 nitrogen and oxygen atoms in total. The summed E-state index contributed by atoms with van der Waals surface area (Å²) in [7, 11) is 0. The van der Waals surface area contributed by atoms with Gasteiger partial charge in [0.2, 0.25) is 5.91 Å². The highest BCUT2D eigenvalue weighted by Crippen LogP contribution is 2.13. The van der Waals surface area contributed by atoms with Gasteiger partial charge in [-0.3, -0.25) is 14.2 Å². The van der Waals surface area contributed by atoms with Crippen molar-refractivity contribution >= 4 is 17.6 Å². The molecule has 1 amide bonds. The van der Waals surface area contributed by atoms with Gasteiger partial charge in [-0.2, -0.15) is 10.2 Å². The van der Waals surface area contributed by atoms with Gasteiger partial charge in [-0.1, -0.05) is 29.8 Å². The molecule has 0 aliphatic heterocycles. The molecule has 3 aromatic rings. The van der Waals surface area contributed by atoms with Crippen LogP contribution in [0.25, 0.3) is 0 Å². The van der Waals surface area contributed by atoms with Crippen LogP contribution in [0, 0.1) is 6.92 Å². The van der Waals surface area contributed by atoms with Gasteiger partial charge >= 0.3 is 5.97 Å². The van der Waals surface area contributed by atoms with Crippen molar-refractivity contribution in [1.82, 2.24) is 19.6 Å². The van der Waals surface area contributed by atoms with Gasteiger partial charge in [0.1, 0.15) is 6.04 Å². The summed E-state index contributed by atoms with van der Waals surface area (Å²) in [5.41, 5.74) is 2.92. The second-order valence-electron chi connectivity index (χ2n) is 6.09. The van der Waals surface area contributed by atoms with Crippen LogP contribution in [0.15, 0.2) is 49.1 Å². The molecule has 2 heterocycles. The number of carboxylic acids is 1. The lowest BCUT2D eigenvalue weighted by Gasteiger charge is -2.11. The fraction of sp³-hybridized carbons (Fsp3) is 0.222. The van der Waals surface area contributed by atoms with Crippen molar-refractivity contribution in [2.24, 2.45) is 0 Å². The average Bonchev–Trinajstić information content (AvgIpc) is 3.26. The number of carbonyl (C=O) groups is 2. The highest BCUT2D eigenvalue weighted by molar-refractivity contribution is 5.93. The molecule has 0 aliphatic carbocycles. The number of benzene rings is 1. The average molecular weight is 353 g/mol. The van der Waals surface area contributed by atoms with Crippen LogP contribution in [-0.2, 0) is 11.3 Å². The van der Waals surface area contributed by atoms with Gasteiger partial charge in [0.15, 0.2) is 0 Å². The summed E-state index contributed by atoms with van der Waals surface area (Å²) in [5, 5.41) is 19.9. The van der Waals surface area contributed by atoms with E-state index in [0.717, 1.165) is 5.56 Å². The molecule has 1 unspecified atom stereocenters. The number of hydrogen-bond acceptors (Lipinski definition) is 4. The van der Waals surface area contributed by atoms with Crippen molar-refractivity contribution in [2.45, 2.75) is 26.4 Å². The number of anilines is 1. The molecule has 1 aromatic carbocycles. The minimum absolute atomic E-state index is 0.0376. The Balaban J connectivity index is 1.63. The van der Waals surface area contributed by atoms with E-state index < -0.39 is 12.0 Å². The lowest BCUT2D eigenvalue weighted by Crippen LogP contribution is -2.23. The minimum atomic E-state index is -1.08. The molecular weight excluding hydrogens is 334 g/mol. The van der Waals surface area contributed by atoms with Crippen molar-refractivity contribution in [3.05, 3.63) is 65.7 Å². The number of amides is 1. The fourth-order valence-electron chi connectivity index (χ4n) is 2.42. The van der Waals surface area contributed by atoms with Crippen LogP contribution in [0.2, 0.25) is 0 Å². The maximum absolute atomic E-state index is 12.3. The Bertz CT molecular complexity index is 926. The van der Waals surface area contributed by atoms with Crippen molar-refractivity contribution < 1.29 is 14.7 Å². The first-order chi connectivity index (χ1) is 12.4. The Labute approximate surface area is 150 Å². The van der Waals surface area contributed by atoms with Crippen molar-refractivity contribution in [3.8, 4) is 0 Å². The summed E-state index contributed by atoms with van der Waals surface area (Å²) in [4.78, 5) is 23.2. The molecule has 0 bridgehead atoms. The maximum Gasteiger partial charge on any atom is 0.338 e. The summed E-state index contributed by atoms with van der Waals surface area (Å²) >= 11 is 0. The Morgan fingerprint density at radius 1 is 1.15 bits per heavy atom. The molecule has 134 valence electrons. The Kier molecular flexibility index (Phi) is 4.83. The molecule has 8 heteroatoms. The van der Waals surface area contributed by atoms with Gasteiger partial charge in [0, 0.05) is 12.4 Å². The van der Waals surface area contributed by atoms with Crippen LogP contribution in [0.3, 0.4) is 0 Å². The Morgan fingerprint density at radius 3 is 2.54 bits per heavy atom. The molecule has 0 saturated heterocycles. The third-order valence-corrected chi connectivity index (χ3v) is 3.99. The van der Waals surface area contributed by atoms with E-state index in [1.807, 2.05) is 31.2 Å². The van der Waals surface area contributed by atoms with Crippen LogP contribution in [0.5, 0.6) is 0 Å². The number of hydrogen-bond donors (Lipinski definition) is 2. The lowest BCUT2D eigenvalue weighted by atomic mass is 10.1. The highest BCUT2D eigenvalue weighted by Gasteiger charge is 2.18. The van der Waals surface area contributed by atoms with Crippen LogP contribution >= 0.6 is 0 Å². The minimum Gasteiger partial charge on any atom is -0.478 e. The zero-order chi connectivity index (χ0) is 18.7. The topological polar surface area (TPSA) is 102 Å². The molecule has 0 aliphatic rings. The van der Waals surface area contributed by atoms with Crippen molar-refractivity contribution in [3.63, 3.8) is 0 Å². The van der Waals surface area contributed by atoms with E-state index in [-0.39, 0.29) is 11.5 Å². The number of aromatic carboxylic acids is 1. The molecule has 26 heavy (non-hydrogen) atoms. The fourth-order valence-corrected chi connectivity index (χ4v) is 2.42. The molecule has 3 rings (SSSR count). The van der Waals surface area contributed by atoms with Crippen LogP contribution in [0.4, 0.5) is 5.69 Å². The third-order valence-electron chi connectivity index (χ3n) is 3.99. The smallest absolute Gasteiger partial charge is 0.338 e. The molecule has 2 N–H and O–H groups in total. The van der Waals surface area contributed by atoms with Gasteiger partial charge in [-0.15, -0.1) is 0 Å². The molecular formula is C18H19N5O3. The SMILES string of the molecule is Cc1ccc(Cn2cc(NC(=O)C(C)n3cc(C(=O)O)cn3)cn2)cc1. The third kappa shape index (κ3) is 3.97. The maximum atomic E-state index is 12.3. The predicted molar refractivity (Wildman–Crippen MR) is 95.0 cm³/mol. The van der Waals surface area contributed by atoms with E-state index >= 15 is 0 Å². The number of carbonyl (C=O) groups excluding carboxylic acids is 1. The molecule has 0 radical (unpaired) electrons. The summed E-state index contributed by atoms with van der Waals surface area (Å²) in [6.07, 6.45) is 5.86. The van der Waals surface area contributed by atoms with E-state index in [0.29, 0.717) is 12.2 Å². The standard InChI is InChI=1S/C18H19N5O3/c1-12-3-5-14(6-4-12)9-22-11-16(8-19-22)21-17(24)13(2)23-10-15(7-20-23)18(25)26/h3-8,10-11,13H,9H2,1-2H3,(H,21,24)(H,25,26). The molecule has 0 saturated carbocycles. The van der Waals surface area contributed by atoms with Gasteiger partial charge in [-0.05, 0) is 19.4 Å². The van der Waals surface area contributed by atoms with E-state index in [1.165, 1.54) is 22.6 Å². The second kappa shape index (κ2) is 7.22. The van der Waals surface area contributed by atoms with Gasteiger partial charge in [0.25, 0.3) is 0 Å². The molecule has 2 aromatic heterocycles. The van der Waals surface area contributed by atoms with Crippen molar-refractivity contribution in [1.29, 1.82) is 0 Å². The summed E-state index contributed by atoms with van der Waals surface area (Å²) in [5.74, 6) is -1.39. The van der Waals surface area contributed by atoms with Crippen LogP contribution in [-0.4, -0.2) is 36.5 Å². The summed E-state index contributed by atoms with van der Waals surface area (Å²) < 4.78 is 3.05. The van der Waals surface area contributed by atoms with E-state index in [4.69, 9.17) is 5.11 Å². The Hall–Kier alpha value is -3.42. The summed E-state index contributed by atoms with van der Waals surface area (Å²) in [6, 6.07) is 7.50. The number of nitrogens with zero attached hydrogens (tertiary/aromatic N) is 4. The normalized spacial score (nSPS) is 11.9. The largest absolute Gasteiger partial charge is 0.478 e. The number of aryl methyl sites for hydroxylation is 1. The summed E-state index contributed by atoms with van der Waals surface area (Å²) in [6.45, 7) is 4.28. The Morgan fingerprint density at radius 2 is 1.88 bits per heavy atom. The molecule has 1 atom stereocenters. The highest BCUT2D eigenvalue weighted by atomic mass is 16.4. The van der Waals surface area contributed by atoms with E-state index in [2.05, 4.69) is 15.5 Å². The number of aromatic nitrogens is 4. The van der Waals surface area contributed by atoms with Gasteiger partial charge < -0.3 is 10.4 Å². The van der Waals surface area contributed by atoms with Crippen LogP contribution in [0.1, 0.15) is 34.5 Å². The van der Waals surface area contributed by atoms with Gasteiger partial charge in [-0.25, -0.2) is 4.79 Å². The molecule has 0 spiro atoms.